The van der Waals surface area contributed by atoms with Crippen molar-refractivity contribution in [1.82, 2.24) is 9.88 Å². The standard InChI is InChI=1S/C13H22N2O2/c1-5-14-9-12-10(2)8-11(3)15(13(12)16)6-7-17-4/h8,14H,5-7,9H2,1-4H3. The fourth-order valence-electron chi connectivity index (χ4n) is 1.90. The Labute approximate surface area is 103 Å². The van der Waals surface area contributed by atoms with Crippen molar-refractivity contribution in [3.05, 3.63) is 33.2 Å². The summed E-state index contributed by atoms with van der Waals surface area (Å²) in [6.45, 7) is 8.65. The van der Waals surface area contributed by atoms with Gasteiger partial charge >= 0.3 is 0 Å². The molecule has 0 fully saturated rings. The first kappa shape index (κ1) is 13.9. The van der Waals surface area contributed by atoms with E-state index in [1.165, 1.54) is 0 Å². The third kappa shape index (κ3) is 3.41. The Morgan fingerprint density at radius 2 is 2.12 bits per heavy atom. The SMILES string of the molecule is CCNCc1c(C)cc(C)n(CCOC)c1=O. The number of hydrogen-bond acceptors (Lipinski definition) is 3. The Hall–Kier alpha value is -1.13. The lowest BCUT2D eigenvalue weighted by molar-refractivity contribution is 0.185. The topological polar surface area (TPSA) is 43.3 Å². The molecule has 0 radical (unpaired) electrons. The van der Waals surface area contributed by atoms with Gasteiger partial charge in [0.15, 0.2) is 0 Å². The van der Waals surface area contributed by atoms with Gasteiger partial charge in [0.2, 0.25) is 0 Å². The Morgan fingerprint density at radius 1 is 1.41 bits per heavy atom. The number of pyridine rings is 1. The maximum atomic E-state index is 12.3. The summed E-state index contributed by atoms with van der Waals surface area (Å²) in [5.41, 5.74) is 3.00. The van der Waals surface area contributed by atoms with Crippen LogP contribution < -0.4 is 10.9 Å². The molecule has 96 valence electrons. The summed E-state index contributed by atoms with van der Waals surface area (Å²) in [6.07, 6.45) is 0. The minimum Gasteiger partial charge on any atom is -0.383 e. The van der Waals surface area contributed by atoms with Crippen LogP contribution in [0.1, 0.15) is 23.7 Å². The summed E-state index contributed by atoms with van der Waals surface area (Å²) in [5, 5.41) is 3.20. The fraction of sp³-hybridized carbons (Fsp3) is 0.615. The predicted octanol–water partition coefficient (Wildman–Crippen LogP) is 1.22. The zero-order chi connectivity index (χ0) is 12.8. The zero-order valence-electron chi connectivity index (χ0n) is 11.2. The normalized spacial score (nSPS) is 10.8. The molecule has 1 aromatic heterocycles. The van der Waals surface area contributed by atoms with Crippen LogP contribution in [0.4, 0.5) is 0 Å². The minimum absolute atomic E-state index is 0.0977. The largest absolute Gasteiger partial charge is 0.383 e. The molecular formula is C13H22N2O2. The van der Waals surface area contributed by atoms with E-state index in [9.17, 15) is 4.79 Å². The molecule has 0 aromatic carbocycles. The van der Waals surface area contributed by atoms with Gasteiger partial charge in [-0.3, -0.25) is 4.79 Å². The van der Waals surface area contributed by atoms with E-state index in [0.717, 1.165) is 23.4 Å². The number of hydrogen-bond donors (Lipinski definition) is 1. The Kier molecular flexibility index (Phi) is 5.38. The number of aromatic nitrogens is 1. The van der Waals surface area contributed by atoms with E-state index < -0.39 is 0 Å². The van der Waals surface area contributed by atoms with Crippen molar-refractivity contribution in [2.45, 2.75) is 33.9 Å². The summed E-state index contributed by atoms with van der Waals surface area (Å²) in [7, 11) is 1.65. The van der Waals surface area contributed by atoms with Crippen molar-refractivity contribution in [3.63, 3.8) is 0 Å². The predicted molar refractivity (Wildman–Crippen MR) is 69.4 cm³/mol. The second-order valence-corrected chi connectivity index (χ2v) is 4.18. The van der Waals surface area contributed by atoms with Gasteiger partial charge in [0.25, 0.3) is 5.56 Å². The third-order valence-electron chi connectivity index (χ3n) is 2.90. The fourth-order valence-corrected chi connectivity index (χ4v) is 1.90. The quantitative estimate of drug-likeness (QED) is 0.810. The van der Waals surface area contributed by atoms with Crippen molar-refractivity contribution in [2.75, 3.05) is 20.3 Å². The number of ether oxygens (including phenoxy) is 1. The molecule has 4 heteroatoms. The van der Waals surface area contributed by atoms with Gasteiger partial charge in [-0.2, -0.15) is 0 Å². The average Bonchev–Trinajstić information content (AvgIpc) is 2.28. The first-order valence-corrected chi connectivity index (χ1v) is 6.01. The van der Waals surface area contributed by atoms with Crippen LogP contribution in [0.15, 0.2) is 10.9 Å². The molecule has 1 aromatic rings. The molecule has 0 saturated heterocycles. The van der Waals surface area contributed by atoms with E-state index in [1.807, 2.05) is 20.8 Å². The van der Waals surface area contributed by atoms with Crippen LogP contribution in [-0.2, 0) is 17.8 Å². The number of aryl methyl sites for hydroxylation is 2. The van der Waals surface area contributed by atoms with Crippen LogP contribution >= 0.6 is 0 Å². The molecule has 0 bridgehead atoms. The van der Waals surface area contributed by atoms with Crippen molar-refractivity contribution in [1.29, 1.82) is 0 Å². The van der Waals surface area contributed by atoms with Gasteiger partial charge in [0.1, 0.15) is 0 Å². The summed E-state index contributed by atoms with van der Waals surface area (Å²) in [5.74, 6) is 0. The van der Waals surface area contributed by atoms with E-state index >= 15 is 0 Å². The third-order valence-corrected chi connectivity index (χ3v) is 2.90. The molecule has 0 atom stereocenters. The highest BCUT2D eigenvalue weighted by Crippen LogP contribution is 2.06. The highest BCUT2D eigenvalue weighted by Gasteiger charge is 2.09. The highest BCUT2D eigenvalue weighted by atomic mass is 16.5. The molecule has 0 aliphatic carbocycles. The lowest BCUT2D eigenvalue weighted by atomic mass is 10.1. The Balaban J connectivity index is 3.09. The number of methoxy groups -OCH3 is 1. The molecule has 1 rings (SSSR count). The Bertz CT molecular complexity index is 389. The van der Waals surface area contributed by atoms with E-state index in [1.54, 1.807) is 11.7 Å². The van der Waals surface area contributed by atoms with Crippen molar-refractivity contribution in [3.8, 4) is 0 Å². The maximum absolute atomic E-state index is 12.3. The van der Waals surface area contributed by atoms with Crippen LogP contribution in [0.2, 0.25) is 0 Å². The van der Waals surface area contributed by atoms with Crippen molar-refractivity contribution in [2.24, 2.45) is 0 Å². The molecular weight excluding hydrogens is 216 g/mol. The molecule has 0 unspecified atom stereocenters. The number of nitrogens with one attached hydrogen (secondary N) is 1. The summed E-state index contributed by atoms with van der Waals surface area (Å²) in [6, 6.07) is 2.06. The molecule has 0 spiro atoms. The monoisotopic (exact) mass is 238 g/mol. The lowest BCUT2D eigenvalue weighted by Crippen LogP contribution is -2.30. The summed E-state index contributed by atoms with van der Waals surface area (Å²) in [4.78, 5) is 12.3. The Morgan fingerprint density at radius 3 is 2.71 bits per heavy atom. The molecule has 1 N–H and O–H groups in total. The molecule has 0 amide bonds. The zero-order valence-corrected chi connectivity index (χ0v) is 11.2. The van der Waals surface area contributed by atoms with Crippen LogP contribution in [0, 0.1) is 13.8 Å². The van der Waals surface area contributed by atoms with Crippen LogP contribution in [-0.4, -0.2) is 24.8 Å². The van der Waals surface area contributed by atoms with Gasteiger partial charge in [-0.15, -0.1) is 0 Å². The first-order chi connectivity index (χ1) is 8.11. The number of rotatable bonds is 6. The molecule has 0 aliphatic rings. The van der Waals surface area contributed by atoms with Crippen molar-refractivity contribution < 1.29 is 4.74 Å². The molecule has 17 heavy (non-hydrogen) atoms. The minimum atomic E-state index is 0.0977. The molecule has 0 saturated carbocycles. The molecule has 0 aliphatic heterocycles. The maximum Gasteiger partial charge on any atom is 0.255 e. The van der Waals surface area contributed by atoms with Gasteiger partial charge in [-0.25, -0.2) is 0 Å². The average molecular weight is 238 g/mol. The second-order valence-electron chi connectivity index (χ2n) is 4.18. The molecule has 1 heterocycles. The van der Waals surface area contributed by atoms with Gasteiger partial charge < -0.3 is 14.6 Å². The van der Waals surface area contributed by atoms with E-state index in [2.05, 4.69) is 11.4 Å². The van der Waals surface area contributed by atoms with E-state index in [0.29, 0.717) is 19.7 Å². The van der Waals surface area contributed by atoms with Crippen LogP contribution in [0.25, 0.3) is 0 Å². The van der Waals surface area contributed by atoms with E-state index in [-0.39, 0.29) is 5.56 Å². The highest BCUT2D eigenvalue weighted by molar-refractivity contribution is 5.26. The molecule has 4 nitrogen and oxygen atoms in total. The van der Waals surface area contributed by atoms with Gasteiger partial charge in [0, 0.05) is 31.5 Å². The van der Waals surface area contributed by atoms with E-state index in [4.69, 9.17) is 4.74 Å². The number of nitrogens with zero attached hydrogens (tertiary/aromatic N) is 1. The summed E-state index contributed by atoms with van der Waals surface area (Å²) < 4.78 is 6.81. The van der Waals surface area contributed by atoms with Crippen LogP contribution in [0.3, 0.4) is 0 Å². The van der Waals surface area contributed by atoms with Crippen molar-refractivity contribution >= 4 is 0 Å². The summed E-state index contributed by atoms with van der Waals surface area (Å²) >= 11 is 0. The lowest BCUT2D eigenvalue weighted by Gasteiger charge is -2.14. The second kappa shape index (κ2) is 6.57. The van der Waals surface area contributed by atoms with Gasteiger partial charge in [-0.05, 0) is 32.0 Å². The van der Waals surface area contributed by atoms with Gasteiger partial charge in [-0.1, -0.05) is 6.92 Å². The van der Waals surface area contributed by atoms with Gasteiger partial charge in [0.05, 0.1) is 6.61 Å². The smallest absolute Gasteiger partial charge is 0.255 e. The van der Waals surface area contributed by atoms with Crippen LogP contribution in [0.5, 0.6) is 0 Å². The first-order valence-electron chi connectivity index (χ1n) is 6.01.